The van der Waals surface area contributed by atoms with Gasteiger partial charge in [-0.15, -0.1) is 0 Å². The molecule has 2 aromatic rings. The number of benzene rings is 1. The van der Waals surface area contributed by atoms with Crippen molar-refractivity contribution in [1.29, 1.82) is 0 Å². The molecule has 0 saturated carbocycles. The zero-order chi connectivity index (χ0) is 14.7. The molecule has 0 fully saturated rings. The molecule has 0 amide bonds. The lowest BCUT2D eigenvalue weighted by atomic mass is 10.2. The van der Waals surface area contributed by atoms with E-state index in [0.29, 0.717) is 17.8 Å². The van der Waals surface area contributed by atoms with Crippen LogP contribution in [0.3, 0.4) is 0 Å². The van der Waals surface area contributed by atoms with Gasteiger partial charge in [-0.25, -0.2) is 18.6 Å². The number of halogens is 2. The predicted octanol–water partition coefficient (Wildman–Crippen LogP) is 2.10. The molecule has 108 valence electrons. The van der Waals surface area contributed by atoms with E-state index in [1.165, 1.54) is 12.1 Å². The monoisotopic (exact) mass is 284 g/mol. The lowest BCUT2D eigenvalue weighted by Gasteiger charge is -2.04. The van der Waals surface area contributed by atoms with Gasteiger partial charge < -0.3 is 14.4 Å². The molecule has 20 heavy (non-hydrogen) atoms. The number of hydrogen-bond acceptors (Lipinski definition) is 3. The Bertz CT molecular complexity index is 625. The minimum absolute atomic E-state index is 0.146. The molecule has 1 aromatic carbocycles. The Balaban J connectivity index is 2.14. The highest BCUT2D eigenvalue weighted by atomic mass is 19.3. The van der Waals surface area contributed by atoms with Crippen molar-refractivity contribution in [2.75, 3.05) is 13.2 Å². The highest BCUT2D eigenvalue weighted by Gasteiger charge is 2.11. The van der Waals surface area contributed by atoms with Crippen molar-refractivity contribution in [2.45, 2.75) is 12.8 Å². The fourth-order valence-corrected chi connectivity index (χ4v) is 1.94. The summed E-state index contributed by atoms with van der Waals surface area (Å²) in [6, 6.07) is 4.67. The van der Waals surface area contributed by atoms with Gasteiger partial charge in [0.25, 0.3) is 6.43 Å². The molecule has 0 bridgehead atoms. The maximum atomic E-state index is 11.9. The third kappa shape index (κ3) is 3.11. The molecule has 1 heterocycles. The molecule has 0 aliphatic rings. The first kappa shape index (κ1) is 14.4. The van der Waals surface area contributed by atoms with Gasteiger partial charge in [-0.05, 0) is 18.2 Å². The Hall–Kier alpha value is -2.02. The van der Waals surface area contributed by atoms with E-state index >= 15 is 0 Å². The standard InChI is InChI=1S/C13H14F2N2O3/c1-17-10-3-2-8(13(18)19)6-9(10)16-12(17)4-5-20-7-11(14)15/h2-3,6,11H,4-5,7H2,1H3,(H,18,19). The Morgan fingerprint density at radius 2 is 2.25 bits per heavy atom. The average molecular weight is 284 g/mol. The van der Waals surface area contributed by atoms with Crippen molar-refractivity contribution in [1.82, 2.24) is 9.55 Å². The predicted molar refractivity (Wildman–Crippen MR) is 68.2 cm³/mol. The van der Waals surface area contributed by atoms with Crippen molar-refractivity contribution in [3.63, 3.8) is 0 Å². The minimum atomic E-state index is -2.48. The van der Waals surface area contributed by atoms with Crippen molar-refractivity contribution in [3.05, 3.63) is 29.6 Å². The zero-order valence-electron chi connectivity index (χ0n) is 10.8. The number of carboxylic acid groups (broad SMARTS) is 1. The summed E-state index contributed by atoms with van der Waals surface area (Å²) in [5.41, 5.74) is 1.52. The Morgan fingerprint density at radius 3 is 2.90 bits per heavy atom. The van der Waals surface area contributed by atoms with Crippen LogP contribution in [0, 0.1) is 0 Å². The molecule has 7 heteroatoms. The number of hydrogen-bond donors (Lipinski definition) is 1. The van der Waals surface area contributed by atoms with E-state index in [-0.39, 0.29) is 12.2 Å². The van der Waals surface area contributed by atoms with E-state index in [4.69, 9.17) is 9.84 Å². The summed E-state index contributed by atoms with van der Waals surface area (Å²) in [5.74, 6) is -0.351. The van der Waals surface area contributed by atoms with Crippen LogP contribution in [0.15, 0.2) is 18.2 Å². The molecule has 1 aromatic heterocycles. The van der Waals surface area contributed by atoms with Crippen LogP contribution in [0.4, 0.5) is 8.78 Å². The van der Waals surface area contributed by atoms with Gasteiger partial charge in [0, 0.05) is 13.5 Å². The van der Waals surface area contributed by atoms with Gasteiger partial charge in [-0.2, -0.15) is 0 Å². The van der Waals surface area contributed by atoms with Crippen LogP contribution in [-0.4, -0.2) is 40.3 Å². The SMILES string of the molecule is Cn1c(CCOCC(F)F)nc2cc(C(=O)O)ccc21. The van der Waals surface area contributed by atoms with Crippen LogP contribution in [-0.2, 0) is 18.2 Å². The van der Waals surface area contributed by atoms with Crippen LogP contribution >= 0.6 is 0 Å². The van der Waals surface area contributed by atoms with E-state index in [9.17, 15) is 13.6 Å². The number of ether oxygens (including phenoxy) is 1. The number of carboxylic acids is 1. The maximum absolute atomic E-state index is 11.9. The second-order valence-corrected chi connectivity index (χ2v) is 4.31. The first-order valence-electron chi connectivity index (χ1n) is 6.03. The van der Waals surface area contributed by atoms with Crippen LogP contribution in [0.25, 0.3) is 11.0 Å². The lowest BCUT2D eigenvalue weighted by Crippen LogP contribution is -2.09. The number of aryl methyl sites for hydroxylation is 1. The minimum Gasteiger partial charge on any atom is -0.478 e. The Morgan fingerprint density at radius 1 is 1.50 bits per heavy atom. The van der Waals surface area contributed by atoms with Gasteiger partial charge >= 0.3 is 5.97 Å². The van der Waals surface area contributed by atoms with Crippen molar-refractivity contribution in [3.8, 4) is 0 Å². The molecule has 0 radical (unpaired) electrons. The molecular weight excluding hydrogens is 270 g/mol. The van der Waals surface area contributed by atoms with E-state index in [1.807, 2.05) is 0 Å². The van der Waals surface area contributed by atoms with Crippen LogP contribution in [0.2, 0.25) is 0 Å². The van der Waals surface area contributed by atoms with Crippen molar-refractivity contribution >= 4 is 17.0 Å². The highest BCUT2D eigenvalue weighted by molar-refractivity contribution is 5.92. The third-order valence-electron chi connectivity index (χ3n) is 2.93. The number of carbonyl (C=O) groups is 1. The number of rotatable bonds is 6. The van der Waals surface area contributed by atoms with Crippen LogP contribution < -0.4 is 0 Å². The number of nitrogens with zero attached hydrogens (tertiary/aromatic N) is 2. The van der Waals surface area contributed by atoms with E-state index in [1.54, 1.807) is 17.7 Å². The van der Waals surface area contributed by atoms with Crippen molar-refractivity contribution < 1.29 is 23.4 Å². The maximum Gasteiger partial charge on any atom is 0.335 e. The smallest absolute Gasteiger partial charge is 0.335 e. The highest BCUT2D eigenvalue weighted by Crippen LogP contribution is 2.17. The second-order valence-electron chi connectivity index (χ2n) is 4.31. The van der Waals surface area contributed by atoms with Gasteiger partial charge in [0.1, 0.15) is 12.4 Å². The van der Waals surface area contributed by atoms with E-state index in [2.05, 4.69) is 4.98 Å². The average Bonchev–Trinajstić information content (AvgIpc) is 2.71. The van der Waals surface area contributed by atoms with E-state index in [0.717, 1.165) is 5.52 Å². The number of alkyl halides is 2. The van der Waals surface area contributed by atoms with Gasteiger partial charge in [-0.1, -0.05) is 0 Å². The molecule has 5 nitrogen and oxygen atoms in total. The lowest BCUT2D eigenvalue weighted by molar-refractivity contribution is 0.0182. The zero-order valence-corrected chi connectivity index (χ0v) is 10.8. The van der Waals surface area contributed by atoms with Gasteiger partial charge in [0.15, 0.2) is 0 Å². The summed E-state index contributed by atoms with van der Waals surface area (Å²) in [6.45, 7) is -0.444. The molecule has 2 rings (SSSR count). The quantitative estimate of drug-likeness (QED) is 0.825. The molecule has 0 atom stereocenters. The molecular formula is C13H14F2N2O3. The largest absolute Gasteiger partial charge is 0.478 e. The number of imidazole rings is 1. The Labute approximate surface area is 113 Å². The molecule has 0 aliphatic carbocycles. The van der Waals surface area contributed by atoms with Crippen molar-refractivity contribution in [2.24, 2.45) is 7.05 Å². The summed E-state index contributed by atoms with van der Waals surface area (Å²) in [4.78, 5) is 15.2. The fraction of sp³-hybridized carbons (Fsp3) is 0.385. The molecule has 0 aliphatic heterocycles. The molecule has 1 N–H and O–H groups in total. The summed E-state index contributed by atoms with van der Waals surface area (Å²) >= 11 is 0. The number of aromatic carboxylic acids is 1. The normalized spacial score (nSPS) is 11.4. The van der Waals surface area contributed by atoms with Gasteiger partial charge in [0.05, 0.1) is 23.2 Å². The van der Waals surface area contributed by atoms with Crippen LogP contribution in [0.5, 0.6) is 0 Å². The molecule has 0 unspecified atom stereocenters. The van der Waals surface area contributed by atoms with Gasteiger partial charge in [-0.3, -0.25) is 0 Å². The summed E-state index contributed by atoms with van der Waals surface area (Å²) < 4.78 is 30.5. The topological polar surface area (TPSA) is 64.4 Å². The summed E-state index contributed by atoms with van der Waals surface area (Å²) in [7, 11) is 1.79. The molecule has 0 saturated heterocycles. The number of aromatic nitrogens is 2. The van der Waals surface area contributed by atoms with E-state index < -0.39 is 19.0 Å². The third-order valence-corrected chi connectivity index (χ3v) is 2.93. The second kappa shape index (κ2) is 5.96. The molecule has 0 spiro atoms. The number of fused-ring (bicyclic) bond motifs is 1. The van der Waals surface area contributed by atoms with Gasteiger partial charge in [0.2, 0.25) is 0 Å². The summed E-state index contributed by atoms with van der Waals surface area (Å²) in [6.07, 6.45) is -2.09. The van der Waals surface area contributed by atoms with Crippen LogP contribution in [0.1, 0.15) is 16.2 Å². The first-order valence-corrected chi connectivity index (χ1v) is 6.03. The summed E-state index contributed by atoms with van der Waals surface area (Å²) in [5, 5.41) is 8.92. The first-order chi connectivity index (χ1) is 9.49. The fourth-order valence-electron chi connectivity index (χ4n) is 1.94. The Kier molecular flexibility index (Phi) is 4.29.